The lowest BCUT2D eigenvalue weighted by molar-refractivity contribution is -0.0243. The predicted molar refractivity (Wildman–Crippen MR) is 45.3 cm³/mol. The van der Waals surface area contributed by atoms with Gasteiger partial charge >= 0.3 is 0 Å². The van der Waals surface area contributed by atoms with E-state index in [1.165, 1.54) is 11.5 Å². The molecule has 1 aliphatic heterocycles. The Morgan fingerprint density at radius 3 is 2.40 bits per heavy atom. The summed E-state index contributed by atoms with van der Waals surface area (Å²) in [5.41, 5.74) is 5.53. The van der Waals surface area contributed by atoms with Gasteiger partial charge < -0.3 is 10.5 Å². The zero-order chi connectivity index (χ0) is 7.61. The summed E-state index contributed by atoms with van der Waals surface area (Å²) in [6.07, 6.45) is 0. The van der Waals surface area contributed by atoms with Crippen LogP contribution in [0, 0.1) is 5.92 Å². The van der Waals surface area contributed by atoms with Gasteiger partial charge in [-0.1, -0.05) is 0 Å². The van der Waals surface area contributed by atoms with E-state index in [1.807, 2.05) is 11.8 Å². The Bertz CT molecular complexity index is 110. The van der Waals surface area contributed by atoms with Gasteiger partial charge in [-0.3, -0.25) is 0 Å². The highest BCUT2D eigenvalue weighted by Gasteiger charge is 2.37. The largest absolute Gasteiger partial charge is 0.377 e. The maximum absolute atomic E-state index is 5.59. The molecule has 1 rings (SSSR count). The van der Waals surface area contributed by atoms with Crippen molar-refractivity contribution < 1.29 is 4.74 Å². The molecule has 60 valence electrons. The maximum atomic E-state index is 5.59. The topological polar surface area (TPSA) is 35.2 Å². The van der Waals surface area contributed by atoms with Crippen LogP contribution < -0.4 is 5.73 Å². The summed E-state index contributed by atoms with van der Waals surface area (Å²) in [4.78, 5) is 0. The van der Waals surface area contributed by atoms with Crippen molar-refractivity contribution in [2.45, 2.75) is 12.5 Å². The van der Waals surface area contributed by atoms with E-state index in [2.05, 4.69) is 6.92 Å². The normalized spacial score (nSPS) is 25.5. The van der Waals surface area contributed by atoms with Crippen molar-refractivity contribution in [1.29, 1.82) is 0 Å². The lowest BCUT2D eigenvalue weighted by atomic mass is 9.91. The summed E-state index contributed by atoms with van der Waals surface area (Å²) < 4.78 is 5.35. The van der Waals surface area contributed by atoms with Crippen LogP contribution in [0.4, 0.5) is 0 Å². The first kappa shape index (κ1) is 8.37. The van der Waals surface area contributed by atoms with Crippen molar-refractivity contribution in [3.05, 3.63) is 0 Å². The van der Waals surface area contributed by atoms with Crippen LogP contribution in [0.3, 0.4) is 0 Å². The van der Waals surface area contributed by atoms with Crippen molar-refractivity contribution >= 4 is 11.8 Å². The van der Waals surface area contributed by atoms with E-state index in [1.54, 1.807) is 7.11 Å². The third-order valence-corrected chi connectivity index (χ3v) is 3.65. The molecule has 1 unspecified atom stereocenters. The molecule has 3 heteroatoms. The highest BCUT2D eigenvalue weighted by molar-refractivity contribution is 8.00. The molecular formula is C7H15NOS. The molecule has 0 aromatic rings. The molecule has 1 fully saturated rings. The van der Waals surface area contributed by atoms with Gasteiger partial charge in [0.05, 0.1) is 5.60 Å². The lowest BCUT2D eigenvalue weighted by Crippen LogP contribution is -2.49. The molecule has 1 aliphatic rings. The van der Waals surface area contributed by atoms with E-state index in [4.69, 9.17) is 10.5 Å². The summed E-state index contributed by atoms with van der Waals surface area (Å²) in [6, 6.07) is 0. The molecule has 0 spiro atoms. The van der Waals surface area contributed by atoms with Gasteiger partial charge in [-0.05, 0) is 18.4 Å². The first-order chi connectivity index (χ1) is 4.73. The zero-order valence-corrected chi connectivity index (χ0v) is 7.41. The van der Waals surface area contributed by atoms with Crippen LogP contribution in [0.2, 0.25) is 0 Å². The fourth-order valence-corrected chi connectivity index (χ4v) is 2.18. The van der Waals surface area contributed by atoms with Gasteiger partial charge in [0.15, 0.2) is 0 Å². The van der Waals surface area contributed by atoms with Crippen LogP contribution in [0.15, 0.2) is 0 Å². The summed E-state index contributed by atoms with van der Waals surface area (Å²) in [6.45, 7) is 2.73. The van der Waals surface area contributed by atoms with Crippen LogP contribution in [0.25, 0.3) is 0 Å². The highest BCUT2D eigenvalue weighted by atomic mass is 32.2. The fourth-order valence-electron chi connectivity index (χ4n) is 1.00. The molecule has 1 atom stereocenters. The zero-order valence-electron chi connectivity index (χ0n) is 6.59. The van der Waals surface area contributed by atoms with Gasteiger partial charge in [-0.2, -0.15) is 11.8 Å². The lowest BCUT2D eigenvalue weighted by Gasteiger charge is -2.40. The smallest absolute Gasteiger partial charge is 0.0816 e. The number of hydrogen-bond acceptors (Lipinski definition) is 3. The molecular weight excluding hydrogens is 146 g/mol. The minimum absolute atomic E-state index is 0.0642. The molecule has 0 saturated carbocycles. The van der Waals surface area contributed by atoms with Crippen LogP contribution in [-0.2, 0) is 4.74 Å². The summed E-state index contributed by atoms with van der Waals surface area (Å²) in [7, 11) is 1.75. The Kier molecular flexibility index (Phi) is 2.61. The van der Waals surface area contributed by atoms with Gasteiger partial charge in [0.2, 0.25) is 0 Å². The average molecular weight is 161 g/mol. The van der Waals surface area contributed by atoms with Crippen LogP contribution in [0.5, 0.6) is 0 Å². The first-order valence-corrected chi connectivity index (χ1v) is 4.71. The molecule has 10 heavy (non-hydrogen) atoms. The van der Waals surface area contributed by atoms with E-state index in [0.717, 1.165) is 0 Å². The van der Waals surface area contributed by atoms with Crippen LogP contribution >= 0.6 is 11.8 Å². The van der Waals surface area contributed by atoms with Gasteiger partial charge in [0.25, 0.3) is 0 Å². The Morgan fingerprint density at radius 1 is 1.70 bits per heavy atom. The van der Waals surface area contributed by atoms with E-state index in [0.29, 0.717) is 12.5 Å². The number of methoxy groups -OCH3 is 1. The monoisotopic (exact) mass is 161 g/mol. The second kappa shape index (κ2) is 3.11. The molecule has 1 saturated heterocycles. The third kappa shape index (κ3) is 1.31. The van der Waals surface area contributed by atoms with E-state index in [-0.39, 0.29) is 5.60 Å². The van der Waals surface area contributed by atoms with Crippen LogP contribution in [0.1, 0.15) is 6.92 Å². The summed E-state index contributed by atoms with van der Waals surface area (Å²) in [5, 5.41) is 0. The SMILES string of the molecule is COC(C)(CN)C1CSC1. The molecule has 2 N–H and O–H groups in total. The maximum Gasteiger partial charge on any atom is 0.0816 e. The molecule has 0 bridgehead atoms. The molecule has 0 aromatic carbocycles. The van der Waals surface area contributed by atoms with Crippen molar-refractivity contribution in [3.8, 4) is 0 Å². The highest BCUT2D eigenvalue weighted by Crippen LogP contribution is 2.34. The number of rotatable bonds is 3. The number of hydrogen-bond donors (Lipinski definition) is 1. The minimum atomic E-state index is -0.0642. The van der Waals surface area contributed by atoms with Crippen molar-refractivity contribution in [3.63, 3.8) is 0 Å². The van der Waals surface area contributed by atoms with Gasteiger partial charge in [-0.15, -0.1) is 0 Å². The second-order valence-electron chi connectivity index (χ2n) is 2.96. The van der Waals surface area contributed by atoms with E-state index >= 15 is 0 Å². The molecule has 0 amide bonds. The Morgan fingerprint density at radius 2 is 2.30 bits per heavy atom. The number of thioether (sulfide) groups is 1. The van der Waals surface area contributed by atoms with E-state index in [9.17, 15) is 0 Å². The van der Waals surface area contributed by atoms with Crippen molar-refractivity contribution in [2.75, 3.05) is 25.2 Å². The standard InChI is InChI=1S/C7H15NOS/c1-7(5-8,9-2)6-3-10-4-6/h6H,3-5,8H2,1-2H3. The van der Waals surface area contributed by atoms with Crippen LogP contribution in [-0.4, -0.2) is 30.8 Å². The Hall–Kier alpha value is 0.270. The molecule has 0 aromatic heterocycles. The minimum Gasteiger partial charge on any atom is -0.377 e. The summed E-state index contributed by atoms with van der Waals surface area (Å²) in [5.74, 6) is 3.09. The van der Waals surface area contributed by atoms with Gasteiger partial charge in [0, 0.05) is 19.6 Å². The molecule has 2 nitrogen and oxygen atoms in total. The van der Waals surface area contributed by atoms with Gasteiger partial charge in [-0.25, -0.2) is 0 Å². The first-order valence-electron chi connectivity index (χ1n) is 3.56. The molecule has 0 radical (unpaired) electrons. The quantitative estimate of drug-likeness (QED) is 0.662. The summed E-state index contributed by atoms with van der Waals surface area (Å²) >= 11 is 1.97. The van der Waals surface area contributed by atoms with E-state index < -0.39 is 0 Å². The third-order valence-electron chi connectivity index (χ3n) is 2.37. The average Bonchev–Trinajstić information content (AvgIpc) is 1.84. The Labute approximate surface area is 66.5 Å². The Balaban J connectivity index is 2.44. The number of nitrogens with two attached hydrogens (primary N) is 1. The predicted octanol–water partition coefficient (Wildman–Crippen LogP) is 0.713. The van der Waals surface area contributed by atoms with Crippen molar-refractivity contribution in [2.24, 2.45) is 11.7 Å². The number of ether oxygens (including phenoxy) is 1. The fraction of sp³-hybridized carbons (Fsp3) is 1.00. The second-order valence-corrected chi connectivity index (χ2v) is 4.03. The van der Waals surface area contributed by atoms with Gasteiger partial charge in [0.1, 0.15) is 0 Å². The molecule has 0 aliphatic carbocycles. The molecule has 1 heterocycles. The van der Waals surface area contributed by atoms with Crippen molar-refractivity contribution in [1.82, 2.24) is 0 Å².